The third kappa shape index (κ3) is 11.7. The fourth-order valence-electron chi connectivity index (χ4n) is 4.67. The molecule has 9 heteroatoms. The summed E-state index contributed by atoms with van der Waals surface area (Å²) in [5.74, 6) is -1.20. The van der Waals surface area contributed by atoms with E-state index in [9.17, 15) is 19.8 Å². The van der Waals surface area contributed by atoms with Crippen LogP contribution >= 0.6 is 0 Å². The molecule has 3 unspecified atom stereocenters. The monoisotopic (exact) mass is 566 g/mol. The van der Waals surface area contributed by atoms with Crippen molar-refractivity contribution in [3.8, 4) is 11.5 Å². The van der Waals surface area contributed by atoms with Crippen molar-refractivity contribution in [1.29, 1.82) is 0 Å². The van der Waals surface area contributed by atoms with Gasteiger partial charge >= 0.3 is 5.97 Å². The number of carbonyl (C=O) groups is 2. The molecule has 1 aromatic rings. The summed E-state index contributed by atoms with van der Waals surface area (Å²) in [5, 5.41) is 19.7. The summed E-state index contributed by atoms with van der Waals surface area (Å²) in [6.45, 7) is 5.19. The number of benzene rings is 1. The normalized spacial score (nSPS) is 19.8. The summed E-state index contributed by atoms with van der Waals surface area (Å²) < 4.78 is 19.3. The predicted molar refractivity (Wildman–Crippen MR) is 155 cm³/mol. The Kier molecular flexibility index (Phi) is 12.9. The number of hydrogen-bond acceptors (Lipinski definition) is 7. The summed E-state index contributed by atoms with van der Waals surface area (Å²) in [6.07, 6.45) is 4.72. The molecule has 9 nitrogen and oxygen atoms in total. The lowest BCUT2D eigenvalue weighted by molar-refractivity contribution is -0.871. The van der Waals surface area contributed by atoms with Gasteiger partial charge in [0.15, 0.2) is 11.5 Å². The van der Waals surface area contributed by atoms with E-state index in [4.69, 9.17) is 14.2 Å². The highest BCUT2D eigenvalue weighted by molar-refractivity contribution is 5.94. The van der Waals surface area contributed by atoms with Crippen LogP contribution in [0.25, 0.3) is 0 Å². The topological polar surface area (TPSA) is 102 Å². The van der Waals surface area contributed by atoms with Crippen LogP contribution in [-0.2, 0) is 30.2 Å². The first-order valence-electron chi connectivity index (χ1n) is 14.7. The zero-order chi connectivity index (χ0) is 30.0. The zero-order valence-corrected chi connectivity index (χ0v) is 25.9. The molecule has 0 spiro atoms. The molecule has 1 aliphatic rings. The Balaban J connectivity index is 2.09. The van der Waals surface area contributed by atoms with Gasteiger partial charge in [0.1, 0.15) is 31.6 Å². The molecule has 2 rings (SSSR count). The van der Waals surface area contributed by atoms with Crippen molar-refractivity contribution in [2.45, 2.75) is 58.0 Å². The summed E-state index contributed by atoms with van der Waals surface area (Å²) in [7, 11) is 12.6. The molecule has 40 heavy (non-hydrogen) atoms. The van der Waals surface area contributed by atoms with Crippen LogP contribution in [0.5, 0.6) is 11.5 Å². The van der Waals surface area contributed by atoms with Gasteiger partial charge < -0.3 is 33.4 Å². The maximum absolute atomic E-state index is 13.6. The highest BCUT2D eigenvalue weighted by atomic mass is 16.6. The van der Waals surface area contributed by atoms with Gasteiger partial charge in [-0.1, -0.05) is 32.3 Å². The van der Waals surface area contributed by atoms with Crippen LogP contribution in [0.15, 0.2) is 18.2 Å². The van der Waals surface area contributed by atoms with Gasteiger partial charge in [0.25, 0.3) is 0 Å². The van der Waals surface area contributed by atoms with Gasteiger partial charge in [0, 0.05) is 12.3 Å². The van der Waals surface area contributed by atoms with Crippen molar-refractivity contribution in [3.63, 3.8) is 0 Å². The lowest BCUT2D eigenvalue weighted by Crippen LogP contribution is -2.40. The van der Waals surface area contributed by atoms with Crippen LogP contribution in [-0.4, -0.2) is 119 Å². The minimum absolute atomic E-state index is 0.0420. The first-order valence-corrected chi connectivity index (χ1v) is 14.7. The van der Waals surface area contributed by atoms with E-state index >= 15 is 0 Å². The quantitative estimate of drug-likeness (QED) is 0.108. The molecule has 0 aromatic heterocycles. The molecule has 0 bridgehead atoms. The number of hydrogen-bond donors (Lipinski definition) is 2. The Labute approximate surface area is 241 Å². The number of ether oxygens (including phenoxy) is 3. The van der Waals surface area contributed by atoms with Gasteiger partial charge in [-0.05, 0) is 37.0 Å². The van der Waals surface area contributed by atoms with E-state index in [2.05, 4.69) is 49.2 Å². The maximum Gasteiger partial charge on any atom is 0.313 e. The molecule has 0 radical (unpaired) electrons. The third-order valence-corrected chi connectivity index (χ3v) is 7.43. The number of esters is 1. The third-order valence-electron chi connectivity index (χ3n) is 7.43. The summed E-state index contributed by atoms with van der Waals surface area (Å²) in [5.41, 5.74) is -0.296. The van der Waals surface area contributed by atoms with Crippen molar-refractivity contribution in [3.05, 3.63) is 23.8 Å². The maximum atomic E-state index is 13.6. The van der Waals surface area contributed by atoms with Crippen LogP contribution in [0.1, 0.15) is 51.0 Å². The molecule has 2 N–H and O–H groups in total. The molecule has 3 atom stereocenters. The predicted octanol–water partition coefficient (Wildman–Crippen LogP) is 3.54. The smallest absolute Gasteiger partial charge is 0.313 e. The standard InChI is InChI=1S/C31H52N2O7/c1-8-9-10-11-12-27(34)26-21-31(26,20-24-13-14-28(35)29(36)19-24)30(37)40-23-25(39-18-16-33(5,6)7)22-38-17-15-32(2,3)4/h13-14,19,25-26H,8-12,15-18,20-23H2,1-7H3/p+2. The van der Waals surface area contributed by atoms with Crippen LogP contribution in [0.3, 0.4) is 0 Å². The van der Waals surface area contributed by atoms with Crippen molar-refractivity contribution in [2.24, 2.45) is 11.3 Å². The largest absolute Gasteiger partial charge is 0.504 e. The van der Waals surface area contributed by atoms with E-state index in [0.29, 0.717) is 38.2 Å². The van der Waals surface area contributed by atoms with Crippen molar-refractivity contribution < 1.29 is 43.0 Å². The van der Waals surface area contributed by atoms with Gasteiger partial charge in [-0.15, -0.1) is 0 Å². The average Bonchev–Trinajstić information content (AvgIpc) is 3.58. The van der Waals surface area contributed by atoms with Crippen LogP contribution in [0.4, 0.5) is 0 Å². The van der Waals surface area contributed by atoms with Crippen LogP contribution < -0.4 is 0 Å². The van der Waals surface area contributed by atoms with Gasteiger partial charge in [-0.2, -0.15) is 0 Å². The highest BCUT2D eigenvalue weighted by Crippen LogP contribution is 2.57. The molecule has 1 aromatic carbocycles. The Morgan fingerprint density at radius 3 is 2.25 bits per heavy atom. The summed E-state index contributed by atoms with van der Waals surface area (Å²) in [6, 6.07) is 4.52. The molecule has 228 valence electrons. The number of likely N-dealkylation sites (N-methyl/N-ethyl adjacent to an activating group) is 2. The number of carbonyl (C=O) groups excluding carboxylic acids is 2. The Hall–Kier alpha value is -2.20. The van der Waals surface area contributed by atoms with Gasteiger partial charge in [-0.3, -0.25) is 9.59 Å². The van der Waals surface area contributed by atoms with Crippen molar-refractivity contribution >= 4 is 11.8 Å². The zero-order valence-electron chi connectivity index (χ0n) is 25.9. The van der Waals surface area contributed by atoms with E-state index in [1.165, 1.54) is 12.1 Å². The molecule has 1 saturated carbocycles. The molecule has 1 aliphatic carbocycles. The number of ketones is 1. The number of Topliss-reactive ketones (excluding diaryl/α,β-unsaturated/α-hetero) is 1. The molecular formula is C31H54N2O7+2. The first kappa shape index (κ1) is 34.0. The van der Waals surface area contributed by atoms with Gasteiger partial charge in [0.2, 0.25) is 0 Å². The lowest BCUT2D eigenvalue weighted by Gasteiger charge is -2.27. The average molecular weight is 567 g/mol. The Morgan fingerprint density at radius 2 is 1.62 bits per heavy atom. The van der Waals surface area contributed by atoms with E-state index in [0.717, 1.165) is 47.7 Å². The first-order chi connectivity index (χ1) is 18.7. The van der Waals surface area contributed by atoms with E-state index in [1.54, 1.807) is 6.07 Å². The second kappa shape index (κ2) is 15.1. The molecule has 1 fully saturated rings. The number of quaternary nitrogens is 2. The number of unbranched alkanes of at least 4 members (excludes halogenated alkanes) is 3. The SMILES string of the molecule is CCCCCCC(=O)C1CC1(Cc1ccc(O)c(O)c1)C(=O)OCC(COCC[N+](C)(C)C)OCC[N+](C)(C)C. The van der Waals surface area contributed by atoms with Gasteiger partial charge in [-0.25, -0.2) is 0 Å². The van der Waals surface area contributed by atoms with Crippen molar-refractivity contribution in [2.75, 3.05) is 81.8 Å². The number of aromatic hydroxyl groups is 2. The lowest BCUT2D eigenvalue weighted by atomic mass is 9.91. The highest BCUT2D eigenvalue weighted by Gasteiger charge is 2.63. The van der Waals surface area contributed by atoms with Gasteiger partial charge in [0.05, 0.1) is 67.5 Å². The number of rotatable bonds is 20. The summed E-state index contributed by atoms with van der Waals surface area (Å²) in [4.78, 5) is 26.7. The number of nitrogens with zero attached hydrogens (tertiary/aromatic N) is 2. The second-order valence-electron chi connectivity index (χ2n) is 13.4. The summed E-state index contributed by atoms with van der Waals surface area (Å²) >= 11 is 0. The molecule has 0 amide bonds. The number of phenolic OH excluding ortho intramolecular Hbond substituents is 2. The van der Waals surface area contributed by atoms with E-state index < -0.39 is 23.4 Å². The number of phenols is 2. The molecular weight excluding hydrogens is 512 g/mol. The molecule has 0 saturated heterocycles. The minimum Gasteiger partial charge on any atom is -0.504 e. The Morgan fingerprint density at radius 1 is 0.950 bits per heavy atom. The van der Waals surface area contributed by atoms with E-state index in [-0.39, 0.29) is 30.3 Å². The molecule has 0 aliphatic heterocycles. The molecule has 0 heterocycles. The fraction of sp³-hybridized carbons (Fsp3) is 0.742. The van der Waals surface area contributed by atoms with E-state index in [1.807, 2.05) is 0 Å². The Bertz CT molecular complexity index is 954. The van der Waals surface area contributed by atoms with Crippen LogP contribution in [0, 0.1) is 11.3 Å². The van der Waals surface area contributed by atoms with Crippen LogP contribution in [0.2, 0.25) is 0 Å². The van der Waals surface area contributed by atoms with Crippen molar-refractivity contribution in [1.82, 2.24) is 0 Å². The fourth-order valence-corrected chi connectivity index (χ4v) is 4.67. The minimum atomic E-state index is -0.970. The second-order valence-corrected chi connectivity index (χ2v) is 13.4.